The Labute approximate surface area is 133 Å². The van der Waals surface area contributed by atoms with Crippen LogP contribution in [0, 0.1) is 0 Å². The SMILES string of the molecule is c1ccc2c(c1)ccc1o[pH]oc3ccc4ccccc4c3c12. The molecule has 0 bridgehead atoms. The lowest BCUT2D eigenvalue weighted by atomic mass is 9.99. The normalized spacial score (nSPS) is 11.5. The second-order valence-corrected chi connectivity index (χ2v) is 6.18. The van der Waals surface area contributed by atoms with E-state index in [0.717, 1.165) is 21.9 Å². The Morgan fingerprint density at radius 3 is 1.52 bits per heavy atom. The third-order valence-corrected chi connectivity index (χ3v) is 4.94. The van der Waals surface area contributed by atoms with E-state index in [-0.39, 0.29) is 8.67 Å². The van der Waals surface area contributed by atoms with Gasteiger partial charge < -0.3 is 8.39 Å². The van der Waals surface area contributed by atoms with Gasteiger partial charge >= 0.3 is 0 Å². The van der Waals surface area contributed by atoms with Crippen LogP contribution < -0.4 is 0 Å². The van der Waals surface area contributed by atoms with Gasteiger partial charge in [0.2, 0.25) is 8.67 Å². The molecule has 0 atom stereocenters. The first-order valence-electron chi connectivity index (χ1n) is 7.54. The van der Waals surface area contributed by atoms with E-state index in [1.54, 1.807) is 0 Å². The summed E-state index contributed by atoms with van der Waals surface area (Å²) in [5, 5.41) is 7.05. The molecule has 1 aromatic heterocycles. The molecule has 110 valence electrons. The largest absolute Gasteiger partial charge is 0.421 e. The number of rotatable bonds is 0. The predicted octanol–water partition coefficient (Wildman–Crippen LogP) is 6.64. The van der Waals surface area contributed by atoms with Gasteiger partial charge in [-0.2, -0.15) is 0 Å². The lowest BCUT2D eigenvalue weighted by Crippen LogP contribution is -1.79. The Kier molecular flexibility index (Phi) is 2.73. The van der Waals surface area contributed by atoms with E-state index in [9.17, 15) is 0 Å². The molecule has 0 N–H and O–H groups in total. The molecule has 0 aliphatic rings. The van der Waals surface area contributed by atoms with Gasteiger partial charge in [0.05, 0.1) is 0 Å². The van der Waals surface area contributed by atoms with Gasteiger partial charge in [0, 0.05) is 10.8 Å². The molecule has 0 aliphatic heterocycles. The van der Waals surface area contributed by atoms with Crippen molar-refractivity contribution in [1.29, 1.82) is 0 Å². The van der Waals surface area contributed by atoms with Crippen LogP contribution in [0.1, 0.15) is 0 Å². The van der Waals surface area contributed by atoms with E-state index in [1.165, 1.54) is 21.5 Å². The fourth-order valence-corrected chi connectivity index (χ4v) is 3.86. The number of fused-ring (bicyclic) bond motifs is 7. The zero-order valence-corrected chi connectivity index (χ0v) is 13.2. The van der Waals surface area contributed by atoms with E-state index >= 15 is 0 Å². The van der Waals surface area contributed by atoms with Crippen molar-refractivity contribution in [2.24, 2.45) is 0 Å². The topological polar surface area (TPSA) is 26.3 Å². The average Bonchev–Trinajstić information content (AvgIpc) is 2.81. The minimum absolute atomic E-state index is 0.0290. The van der Waals surface area contributed by atoms with Gasteiger partial charge in [-0.25, -0.2) is 0 Å². The van der Waals surface area contributed by atoms with Crippen LogP contribution in [0.5, 0.6) is 0 Å². The van der Waals surface area contributed by atoms with Crippen molar-refractivity contribution in [3.63, 3.8) is 0 Å². The Bertz CT molecular complexity index is 1130. The molecule has 0 radical (unpaired) electrons. The average molecular weight is 316 g/mol. The smallest absolute Gasteiger partial charge is 0.201 e. The molecule has 0 saturated heterocycles. The lowest BCUT2D eigenvalue weighted by Gasteiger charge is -2.05. The van der Waals surface area contributed by atoms with Crippen molar-refractivity contribution in [3.05, 3.63) is 72.8 Å². The number of benzene rings is 4. The van der Waals surface area contributed by atoms with E-state index in [0.29, 0.717) is 0 Å². The highest BCUT2D eigenvalue weighted by Crippen LogP contribution is 2.36. The molecule has 5 aromatic rings. The number of hydrogen-bond donors (Lipinski definition) is 0. The quantitative estimate of drug-likeness (QED) is 0.320. The van der Waals surface area contributed by atoms with Crippen LogP contribution in [-0.2, 0) is 0 Å². The van der Waals surface area contributed by atoms with E-state index in [2.05, 4.69) is 60.7 Å². The van der Waals surface area contributed by atoms with E-state index < -0.39 is 0 Å². The first kappa shape index (κ1) is 12.8. The van der Waals surface area contributed by atoms with Crippen molar-refractivity contribution in [2.45, 2.75) is 0 Å². The molecule has 0 unspecified atom stereocenters. The highest BCUT2D eigenvalue weighted by atomic mass is 31.1. The van der Waals surface area contributed by atoms with Crippen molar-refractivity contribution in [3.8, 4) is 0 Å². The number of hydrogen-bond acceptors (Lipinski definition) is 2. The second kappa shape index (κ2) is 4.91. The van der Waals surface area contributed by atoms with Crippen LogP contribution in [0.3, 0.4) is 0 Å². The third kappa shape index (κ3) is 1.89. The Hall–Kier alpha value is -2.70. The van der Waals surface area contributed by atoms with Crippen LogP contribution >= 0.6 is 8.67 Å². The third-order valence-electron chi connectivity index (χ3n) is 4.33. The Morgan fingerprint density at radius 1 is 0.522 bits per heavy atom. The maximum Gasteiger partial charge on any atom is 0.201 e. The van der Waals surface area contributed by atoms with Gasteiger partial charge in [-0.05, 0) is 33.7 Å². The molecule has 0 amide bonds. The van der Waals surface area contributed by atoms with E-state index in [4.69, 9.17) is 8.39 Å². The molecule has 2 nitrogen and oxygen atoms in total. The molecular weight excluding hydrogens is 303 g/mol. The van der Waals surface area contributed by atoms with Crippen LogP contribution in [0.25, 0.3) is 43.5 Å². The summed E-state index contributed by atoms with van der Waals surface area (Å²) in [5.74, 6) is 0. The van der Waals surface area contributed by atoms with Crippen molar-refractivity contribution < 1.29 is 8.39 Å². The lowest BCUT2D eigenvalue weighted by molar-refractivity contribution is 0.663. The van der Waals surface area contributed by atoms with Crippen LogP contribution in [0.15, 0.2) is 81.2 Å². The molecule has 0 aliphatic carbocycles. The van der Waals surface area contributed by atoms with E-state index in [1.807, 2.05) is 12.1 Å². The van der Waals surface area contributed by atoms with Crippen LogP contribution in [0.4, 0.5) is 0 Å². The molecule has 4 aromatic carbocycles. The summed E-state index contributed by atoms with van der Waals surface area (Å²) in [6, 6.07) is 25.1. The van der Waals surface area contributed by atoms with Gasteiger partial charge in [0.1, 0.15) is 11.2 Å². The van der Waals surface area contributed by atoms with Crippen molar-refractivity contribution in [2.75, 3.05) is 0 Å². The molecule has 0 fully saturated rings. The first-order chi connectivity index (χ1) is 11.4. The van der Waals surface area contributed by atoms with Gasteiger partial charge in [-0.15, -0.1) is 0 Å². The highest BCUT2D eigenvalue weighted by Gasteiger charge is 2.09. The Morgan fingerprint density at radius 2 is 1.00 bits per heavy atom. The monoisotopic (exact) mass is 316 g/mol. The standard InChI is InChI=1S/C20H13O2P/c1-3-7-15-13(5-1)9-11-17-19(15)20-16-8-4-2-6-14(16)10-12-18(20)22-23-21-17/h1-12,23H. The zero-order valence-electron chi connectivity index (χ0n) is 12.2. The fourth-order valence-electron chi connectivity index (χ4n) is 3.30. The molecular formula is C20H13O2P. The summed E-state index contributed by atoms with van der Waals surface area (Å²) >= 11 is 0. The first-order valence-corrected chi connectivity index (χ1v) is 8.36. The van der Waals surface area contributed by atoms with Gasteiger partial charge in [0.25, 0.3) is 0 Å². The van der Waals surface area contributed by atoms with Gasteiger partial charge in [0.15, 0.2) is 0 Å². The van der Waals surface area contributed by atoms with Crippen LogP contribution in [0.2, 0.25) is 0 Å². The minimum Gasteiger partial charge on any atom is -0.421 e. The van der Waals surface area contributed by atoms with Crippen molar-refractivity contribution in [1.82, 2.24) is 0 Å². The predicted molar refractivity (Wildman–Crippen MR) is 98.1 cm³/mol. The molecule has 3 heteroatoms. The summed E-state index contributed by atoms with van der Waals surface area (Å²) in [7, 11) is -0.0290. The summed E-state index contributed by atoms with van der Waals surface area (Å²) in [6.45, 7) is 0. The molecule has 0 spiro atoms. The summed E-state index contributed by atoms with van der Waals surface area (Å²) in [5.41, 5.74) is 1.77. The summed E-state index contributed by atoms with van der Waals surface area (Å²) in [6.07, 6.45) is 0. The maximum atomic E-state index is 5.89. The molecule has 0 saturated carbocycles. The summed E-state index contributed by atoms with van der Waals surface area (Å²) in [4.78, 5) is 0. The zero-order chi connectivity index (χ0) is 15.2. The van der Waals surface area contributed by atoms with Gasteiger partial charge in [-0.1, -0.05) is 60.7 Å². The maximum absolute atomic E-state index is 5.89. The highest BCUT2D eigenvalue weighted by molar-refractivity contribution is 7.15. The fraction of sp³-hybridized carbons (Fsp3) is 0. The molecule has 1 heterocycles. The second-order valence-electron chi connectivity index (χ2n) is 5.61. The van der Waals surface area contributed by atoms with Crippen LogP contribution in [-0.4, -0.2) is 0 Å². The molecule has 5 rings (SSSR count). The summed E-state index contributed by atoms with van der Waals surface area (Å²) < 4.78 is 11.8. The molecule has 23 heavy (non-hydrogen) atoms. The Balaban J connectivity index is 2.23. The van der Waals surface area contributed by atoms with Crippen molar-refractivity contribution >= 4 is 52.2 Å². The minimum atomic E-state index is -0.0290. The van der Waals surface area contributed by atoms with Gasteiger partial charge in [-0.3, -0.25) is 0 Å².